The molecule has 1 atom stereocenters. The Hall–Kier alpha value is -1.72. The van der Waals surface area contributed by atoms with Gasteiger partial charge in [-0.3, -0.25) is 4.90 Å². The summed E-state index contributed by atoms with van der Waals surface area (Å²) in [5, 5.41) is 2.15. The highest BCUT2D eigenvalue weighted by Gasteiger charge is 2.29. The number of aryl methyl sites for hydroxylation is 1. The Morgan fingerprint density at radius 2 is 2.32 bits per heavy atom. The van der Waals surface area contributed by atoms with Gasteiger partial charge in [-0.1, -0.05) is 0 Å². The maximum Gasteiger partial charge on any atom is 0.125 e. The monoisotopic (exact) mass is 315 g/mol. The number of fused-ring (bicyclic) bond motifs is 1. The Morgan fingerprint density at radius 3 is 3.14 bits per heavy atom. The van der Waals surface area contributed by atoms with Crippen LogP contribution in [-0.2, 0) is 6.54 Å². The van der Waals surface area contributed by atoms with Crippen molar-refractivity contribution in [3.8, 4) is 0 Å². The van der Waals surface area contributed by atoms with Crippen molar-refractivity contribution >= 4 is 22.4 Å². The van der Waals surface area contributed by atoms with Crippen LogP contribution in [0.4, 0.5) is 4.39 Å². The molecule has 2 aromatic heterocycles. The minimum absolute atomic E-state index is 0.222. The molecule has 0 spiro atoms. The van der Waals surface area contributed by atoms with E-state index in [0.717, 1.165) is 36.4 Å². The zero-order valence-electron chi connectivity index (χ0n) is 12.5. The van der Waals surface area contributed by atoms with Crippen molar-refractivity contribution in [2.45, 2.75) is 32.4 Å². The molecule has 0 unspecified atom stereocenters. The molecule has 1 saturated heterocycles. The van der Waals surface area contributed by atoms with Gasteiger partial charge in [0.2, 0.25) is 0 Å². The average molecular weight is 315 g/mol. The number of rotatable bonds is 3. The van der Waals surface area contributed by atoms with Crippen molar-refractivity contribution in [1.29, 1.82) is 0 Å². The van der Waals surface area contributed by atoms with E-state index in [-0.39, 0.29) is 5.82 Å². The lowest BCUT2D eigenvalue weighted by molar-refractivity contribution is 0.243. The number of aromatic amines is 1. The Morgan fingerprint density at radius 1 is 1.41 bits per heavy atom. The van der Waals surface area contributed by atoms with E-state index >= 15 is 0 Å². The minimum Gasteiger partial charge on any atom is -0.341 e. The quantitative estimate of drug-likeness (QED) is 0.776. The van der Waals surface area contributed by atoms with E-state index in [4.69, 9.17) is 0 Å². The number of aromatic nitrogens is 2. The zero-order valence-corrected chi connectivity index (χ0v) is 13.3. The van der Waals surface area contributed by atoms with E-state index in [2.05, 4.69) is 33.2 Å². The van der Waals surface area contributed by atoms with Gasteiger partial charge in [0.1, 0.15) is 11.6 Å². The third kappa shape index (κ3) is 2.44. The SMILES string of the molecule is Cc1ccsc1CN1CCC[C@@H]1c1nc2ccc(F)cc2[nH]1. The van der Waals surface area contributed by atoms with Crippen LogP contribution in [0.1, 0.15) is 35.1 Å². The molecule has 5 heteroatoms. The first kappa shape index (κ1) is 13.9. The number of benzene rings is 1. The van der Waals surface area contributed by atoms with Crippen molar-refractivity contribution in [2.24, 2.45) is 0 Å². The molecule has 0 aliphatic carbocycles. The van der Waals surface area contributed by atoms with Crippen LogP contribution in [0.3, 0.4) is 0 Å². The second-order valence-electron chi connectivity index (χ2n) is 5.94. The number of H-pyrrole nitrogens is 1. The molecule has 1 N–H and O–H groups in total. The van der Waals surface area contributed by atoms with E-state index < -0.39 is 0 Å². The van der Waals surface area contributed by atoms with Gasteiger partial charge in [0.05, 0.1) is 17.1 Å². The first-order valence-electron chi connectivity index (χ1n) is 7.63. The van der Waals surface area contributed by atoms with Crippen LogP contribution in [0, 0.1) is 12.7 Å². The van der Waals surface area contributed by atoms with Gasteiger partial charge in [-0.15, -0.1) is 11.3 Å². The number of imidazole rings is 1. The third-order valence-electron chi connectivity index (χ3n) is 4.46. The fourth-order valence-electron chi connectivity index (χ4n) is 3.23. The fourth-order valence-corrected chi connectivity index (χ4v) is 4.17. The van der Waals surface area contributed by atoms with Gasteiger partial charge in [-0.2, -0.15) is 0 Å². The van der Waals surface area contributed by atoms with Crippen molar-refractivity contribution in [3.05, 3.63) is 51.7 Å². The molecular weight excluding hydrogens is 297 g/mol. The van der Waals surface area contributed by atoms with Crippen molar-refractivity contribution in [1.82, 2.24) is 14.9 Å². The Kier molecular flexibility index (Phi) is 3.47. The van der Waals surface area contributed by atoms with Gasteiger partial charge < -0.3 is 4.98 Å². The van der Waals surface area contributed by atoms with E-state index in [9.17, 15) is 4.39 Å². The molecule has 3 nitrogen and oxygen atoms in total. The summed E-state index contributed by atoms with van der Waals surface area (Å²) in [6.07, 6.45) is 2.28. The molecule has 0 bridgehead atoms. The molecule has 1 fully saturated rings. The predicted molar refractivity (Wildman–Crippen MR) is 87.5 cm³/mol. The summed E-state index contributed by atoms with van der Waals surface area (Å²) < 4.78 is 13.3. The summed E-state index contributed by atoms with van der Waals surface area (Å²) in [7, 11) is 0. The van der Waals surface area contributed by atoms with E-state index in [1.54, 1.807) is 6.07 Å². The van der Waals surface area contributed by atoms with Crippen molar-refractivity contribution in [2.75, 3.05) is 6.54 Å². The lowest BCUT2D eigenvalue weighted by Crippen LogP contribution is -2.23. The number of thiophene rings is 1. The molecule has 0 amide bonds. The zero-order chi connectivity index (χ0) is 15.1. The van der Waals surface area contributed by atoms with Crippen LogP contribution in [0.15, 0.2) is 29.6 Å². The normalized spacial score (nSPS) is 19.3. The lowest BCUT2D eigenvalue weighted by atomic mass is 10.2. The molecule has 22 heavy (non-hydrogen) atoms. The number of nitrogens with one attached hydrogen (secondary N) is 1. The molecule has 3 heterocycles. The molecule has 4 rings (SSSR count). The fraction of sp³-hybridized carbons (Fsp3) is 0.353. The average Bonchev–Trinajstić information content (AvgIpc) is 3.19. The van der Waals surface area contributed by atoms with Crippen LogP contribution < -0.4 is 0 Å². The summed E-state index contributed by atoms with van der Waals surface area (Å²) in [6, 6.07) is 7.21. The third-order valence-corrected chi connectivity index (χ3v) is 5.46. The molecule has 1 aliphatic heterocycles. The first-order chi connectivity index (χ1) is 10.7. The van der Waals surface area contributed by atoms with Crippen LogP contribution in [-0.4, -0.2) is 21.4 Å². The molecule has 3 aromatic rings. The Balaban J connectivity index is 1.63. The summed E-state index contributed by atoms with van der Waals surface area (Å²) in [4.78, 5) is 11.9. The maximum absolute atomic E-state index is 13.3. The van der Waals surface area contributed by atoms with Crippen molar-refractivity contribution < 1.29 is 4.39 Å². The number of likely N-dealkylation sites (tertiary alicyclic amines) is 1. The van der Waals surface area contributed by atoms with Gasteiger partial charge in [0.25, 0.3) is 0 Å². The van der Waals surface area contributed by atoms with Gasteiger partial charge in [-0.05, 0) is 61.5 Å². The van der Waals surface area contributed by atoms with Crippen LogP contribution >= 0.6 is 11.3 Å². The first-order valence-corrected chi connectivity index (χ1v) is 8.51. The second kappa shape index (κ2) is 5.48. The van der Waals surface area contributed by atoms with Crippen LogP contribution in [0.25, 0.3) is 11.0 Å². The molecular formula is C17H18FN3S. The van der Waals surface area contributed by atoms with Crippen LogP contribution in [0.2, 0.25) is 0 Å². The smallest absolute Gasteiger partial charge is 0.125 e. The standard InChI is InChI=1S/C17H18FN3S/c1-11-6-8-22-16(11)10-21-7-2-3-15(21)17-19-13-5-4-12(18)9-14(13)20-17/h4-6,8-9,15H,2-3,7,10H2,1H3,(H,19,20)/t15-/m1/s1. The number of hydrogen-bond acceptors (Lipinski definition) is 3. The summed E-state index contributed by atoms with van der Waals surface area (Å²) in [5.41, 5.74) is 2.99. The summed E-state index contributed by atoms with van der Waals surface area (Å²) in [6.45, 7) is 4.23. The second-order valence-corrected chi connectivity index (χ2v) is 6.94. The lowest BCUT2D eigenvalue weighted by Gasteiger charge is -2.22. The molecule has 1 aromatic carbocycles. The van der Waals surface area contributed by atoms with E-state index in [1.807, 2.05) is 11.3 Å². The van der Waals surface area contributed by atoms with E-state index in [1.165, 1.54) is 29.0 Å². The topological polar surface area (TPSA) is 31.9 Å². The van der Waals surface area contributed by atoms with Gasteiger partial charge in [0.15, 0.2) is 0 Å². The molecule has 0 radical (unpaired) electrons. The van der Waals surface area contributed by atoms with Gasteiger partial charge in [-0.25, -0.2) is 9.37 Å². The minimum atomic E-state index is -0.222. The highest BCUT2D eigenvalue weighted by atomic mass is 32.1. The van der Waals surface area contributed by atoms with Crippen LogP contribution in [0.5, 0.6) is 0 Å². The largest absolute Gasteiger partial charge is 0.341 e. The summed E-state index contributed by atoms with van der Waals surface area (Å²) in [5.74, 6) is 0.743. The van der Waals surface area contributed by atoms with Crippen molar-refractivity contribution in [3.63, 3.8) is 0 Å². The van der Waals surface area contributed by atoms with Gasteiger partial charge in [0, 0.05) is 11.4 Å². The molecule has 0 saturated carbocycles. The Bertz CT molecular complexity index is 807. The number of halogens is 1. The number of hydrogen-bond donors (Lipinski definition) is 1. The highest BCUT2D eigenvalue weighted by molar-refractivity contribution is 7.10. The Labute approximate surface area is 132 Å². The predicted octanol–water partition coefficient (Wildman–Crippen LogP) is 4.41. The maximum atomic E-state index is 13.3. The number of nitrogens with zero attached hydrogens (tertiary/aromatic N) is 2. The summed E-state index contributed by atoms with van der Waals surface area (Å²) >= 11 is 1.82. The highest BCUT2D eigenvalue weighted by Crippen LogP contribution is 2.34. The molecule has 114 valence electrons. The van der Waals surface area contributed by atoms with E-state index in [0.29, 0.717) is 6.04 Å². The molecule has 1 aliphatic rings. The van der Waals surface area contributed by atoms with Gasteiger partial charge >= 0.3 is 0 Å².